The Morgan fingerprint density at radius 3 is 2.94 bits per heavy atom. The van der Waals surface area contributed by atoms with Gasteiger partial charge in [0.15, 0.2) is 0 Å². The largest absolute Gasteiger partial charge is 0.378 e. The topological polar surface area (TPSA) is 47.3 Å². The minimum Gasteiger partial charge on any atom is -0.378 e. The molecule has 18 heavy (non-hydrogen) atoms. The molecule has 1 aliphatic rings. The number of nitrogens with two attached hydrogens (primary N) is 1. The minimum absolute atomic E-state index is 0.160. The monoisotopic (exact) mass is 316 g/mol. The summed E-state index contributed by atoms with van der Waals surface area (Å²) in [5, 5.41) is 0. The molecular weight excluding hydrogens is 299 g/mol. The molecule has 3 N–H and O–H groups in total. The highest BCUT2D eigenvalue weighted by Gasteiger charge is 2.29. The Hall–Kier alpha value is -0.490. The molecule has 5 heteroatoms. The van der Waals surface area contributed by atoms with Gasteiger partial charge in [0, 0.05) is 12.0 Å². The van der Waals surface area contributed by atoms with Crippen molar-refractivity contribution in [3.8, 4) is 0 Å². The third-order valence-electron chi connectivity index (χ3n) is 3.45. The summed E-state index contributed by atoms with van der Waals surface area (Å²) >= 11 is 3.20. The Bertz CT molecular complexity index is 416. The zero-order valence-electron chi connectivity index (χ0n) is 10.3. The van der Waals surface area contributed by atoms with E-state index in [0.717, 1.165) is 25.0 Å². The fraction of sp³-hybridized carbons (Fsp3) is 0.538. The molecule has 2 rings (SSSR count). The van der Waals surface area contributed by atoms with Crippen LogP contribution in [0.5, 0.6) is 0 Å². The van der Waals surface area contributed by atoms with Crippen LogP contribution in [0.25, 0.3) is 0 Å². The molecule has 100 valence electrons. The van der Waals surface area contributed by atoms with Crippen molar-refractivity contribution in [2.24, 2.45) is 11.8 Å². The van der Waals surface area contributed by atoms with Crippen LogP contribution in [-0.4, -0.2) is 18.8 Å². The number of hydrazine groups is 1. The molecule has 0 saturated carbocycles. The van der Waals surface area contributed by atoms with Gasteiger partial charge >= 0.3 is 0 Å². The summed E-state index contributed by atoms with van der Waals surface area (Å²) < 4.78 is 19.2. The molecule has 1 saturated heterocycles. The molecule has 0 bridgehead atoms. The maximum Gasteiger partial charge on any atom is 0.137 e. The minimum atomic E-state index is -0.242. The summed E-state index contributed by atoms with van der Waals surface area (Å²) in [6.45, 7) is 2.81. The van der Waals surface area contributed by atoms with E-state index >= 15 is 0 Å². The lowest BCUT2D eigenvalue weighted by Crippen LogP contribution is -2.42. The normalized spacial score (nSPS) is 25.3. The molecule has 3 nitrogen and oxygen atoms in total. The Balaban J connectivity index is 2.03. The van der Waals surface area contributed by atoms with Crippen molar-refractivity contribution in [1.82, 2.24) is 5.43 Å². The van der Waals surface area contributed by atoms with Crippen LogP contribution in [0.15, 0.2) is 22.7 Å². The average Bonchev–Trinajstić information content (AvgIpc) is 2.77. The predicted octanol–water partition coefficient (Wildman–Crippen LogP) is 2.39. The summed E-state index contributed by atoms with van der Waals surface area (Å²) in [4.78, 5) is 0. The van der Waals surface area contributed by atoms with E-state index in [-0.39, 0.29) is 11.9 Å². The van der Waals surface area contributed by atoms with Crippen LogP contribution in [0.4, 0.5) is 4.39 Å². The van der Waals surface area contributed by atoms with Gasteiger partial charge in [0.1, 0.15) is 5.82 Å². The number of hydrogen-bond acceptors (Lipinski definition) is 3. The fourth-order valence-electron chi connectivity index (χ4n) is 2.41. The zero-order chi connectivity index (χ0) is 13.1. The van der Waals surface area contributed by atoms with Crippen LogP contribution < -0.4 is 11.3 Å². The Morgan fingerprint density at radius 1 is 1.61 bits per heavy atom. The number of halogens is 2. The van der Waals surface area contributed by atoms with Gasteiger partial charge < -0.3 is 4.74 Å². The van der Waals surface area contributed by atoms with Gasteiger partial charge in [-0.15, -0.1) is 0 Å². The quantitative estimate of drug-likeness (QED) is 0.662. The molecule has 1 aromatic rings. The second-order valence-corrected chi connectivity index (χ2v) is 5.72. The first-order valence-corrected chi connectivity index (χ1v) is 6.91. The maximum atomic E-state index is 13.2. The first-order valence-electron chi connectivity index (χ1n) is 6.11. The first-order chi connectivity index (χ1) is 8.60. The van der Waals surface area contributed by atoms with Gasteiger partial charge in [-0.1, -0.05) is 6.07 Å². The fourth-order valence-corrected chi connectivity index (χ4v) is 2.84. The summed E-state index contributed by atoms with van der Waals surface area (Å²) in [5.41, 5.74) is 3.92. The highest BCUT2D eigenvalue weighted by molar-refractivity contribution is 9.10. The zero-order valence-corrected chi connectivity index (χ0v) is 11.9. The molecule has 0 aromatic heterocycles. The van der Waals surface area contributed by atoms with Crippen molar-refractivity contribution in [2.75, 3.05) is 6.61 Å². The van der Waals surface area contributed by atoms with Crippen LogP contribution in [-0.2, 0) is 11.2 Å². The van der Waals surface area contributed by atoms with Crippen LogP contribution in [0.3, 0.4) is 0 Å². The van der Waals surface area contributed by atoms with Gasteiger partial charge in [-0.25, -0.2) is 4.39 Å². The van der Waals surface area contributed by atoms with E-state index in [1.54, 1.807) is 12.1 Å². The van der Waals surface area contributed by atoms with Gasteiger partial charge in [-0.3, -0.25) is 11.3 Å². The van der Waals surface area contributed by atoms with E-state index in [0.29, 0.717) is 16.5 Å². The third kappa shape index (κ3) is 3.29. The molecule has 0 amide bonds. The van der Waals surface area contributed by atoms with E-state index < -0.39 is 0 Å². The number of nitrogens with one attached hydrogen (secondary N) is 1. The highest BCUT2D eigenvalue weighted by atomic mass is 79.9. The second kappa shape index (κ2) is 6.10. The van der Waals surface area contributed by atoms with Crippen LogP contribution in [0.1, 0.15) is 18.9 Å². The first kappa shape index (κ1) is 13.9. The average molecular weight is 317 g/mol. The Kier molecular flexibility index (Phi) is 4.72. The van der Waals surface area contributed by atoms with Crippen LogP contribution in [0, 0.1) is 11.7 Å². The van der Waals surface area contributed by atoms with Crippen molar-refractivity contribution < 1.29 is 9.13 Å². The molecule has 0 spiro atoms. The van der Waals surface area contributed by atoms with E-state index in [2.05, 4.69) is 28.3 Å². The molecule has 1 fully saturated rings. The lowest BCUT2D eigenvalue weighted by Gasteiger charge is -2.21. The molecule has 3 unspecified atom stereocenters. The molecule has 0 radical (unpaired) electrons. The molecule has 1 heterocycles. The highest BCUT2D eigenvalue weighted by Crippen LogP contribution is 2.25. The maximum absolute atomic E-state index is 13.2. The summed E-state index contributed by atoms with van der Waals surface area (Å²) in [7, 11) is 0. The summed E-state index contributed by atoms with van der Waals surface area (Å²) in [5.74, 6) is 5.79. The smallest absolute Gasteiger partial charge is 0.137 e. The van der Waals surface area contributed by atoms with Crippen molar-refractivity contribution in [1.29, 1.82) is 0 Å². The lowest BCUT2D eigenvalue weighted by atomic mass is 9.92. The standard InChI is InChI=1S/C13H18BrFN2O/c1-8-4-10(7-18-8)13(17-16)6-9-2-3-12(15)11(14)5-9/h2-3,5,8,10,13,17H,4,6-7,16H2,1H3. The number of hydrogen-bond donors (Lipinski definition) is 2. The molecule has 1 aromatic carbocycles. The summed E-state index contributed by atoms with van der Waals surface area (Å²) in [6, 6.07) is 5.23. The molecular formula is C13H18BrFN2O. The molecule has 1 aliphatic heterocycles. The second-order valence-electron chi connectivity index (χ2n) is 4.87. The predicted molar refractivity (Wildman–Crippen MR) is 72.4 cm³/mol. The van der Waals surface area contributed by atoms with Crippen molar-refractivity contribution in [3.05, 3.63) is 34.1 Å². The van der Waals surface area contributed by atoms with Gasteiger partial charge in [0.05, 0.1) is 17.2 Å². The SMILES string of the molecule is CC1CC(C(Cc2ccc(F)c(Br)c2)NN)CO1. The summed E-state index contributed by atoms with van der Waals surface area (Å²) in [6.07, 6.45) is 2.08. The number of rotatable bonds is 4. The van der Waals surface area contributed by atoms with E-state index in [1.165, 1.54) is 6.07 Å². The van der Waals surface area contributed by atoms with Crippen molar-refractivity contribution in [3.63, 3.8) is 0 Å². The van der Waals surface area contributed by atoms with Gasteiger partial charge in [0.25, 0.3) is 0 Å². The third-order valence-corrected chi connectivity index (χ3v) is 4.06. The van der Waals surface area contributed by atoms with E-state index in [1.807, 2.05) is 0 Å². The van der Waals surface area contributed by atoms with Gasteiger partial charge in [-0.05, 0) is 53.4 Å². The molecule has 3 atom stereocenters. The van der Waals surface area contributed by atoms with Gasteiger partial charge in [-0.2, -0.15) is 0 Å². The van der Waals surface area contributed by atoms with E-state index in [9.17, 15) is 4.39 Å². The number of benzene rings is 1. The van der Waals surface area contributed by atoms with Crippen molar-refractivity contribution >= 4 is 15.9 Å². The van der Waals surface area contributed by atoms with Crippen LogP contribution in [0.2, 0.25) is 0 Å². The lowest BCUT2D eigenvalue weighted by molar-refractivity contribution is 0.117. The molecule has 0 aliphatic carbocycles. The van der Waals surface area contributed by atoms with E-state index in [4.69, 9.17) is 10.6 Å². The van der Waals surface area contributed by atoms with Crippen molar-refractivity contribution in [2.45, 2.75) is 31.9 Å². The number of ether oxygens (including phenoxy) is 1. The van der Waals surface area contributed by atoms with Gasteiger partial charge in [0.2, 0.25) is 0 Å². The Labute approximate surface area is 115 Å². The Morgan fingerprint density at radius 2 is 2.39 bits per heavy atom. The van der Waals surface area contributed by atoms with Crippen LogP contribution >= 0.6 is 15.9 Å².